The fourth-order valence-electron chi connectivity index (χ4n) is 11.8. The van der Waals surface area contributed by atoms with Gasteiger partial charge in [-0.3, -0.25) is 0 Å². The minimum absolute atomic E-state index is 1.17. The van der Waals surface area contributed by atoms with E-state index in [2.05, 4.69) is 267 Å². The van der Waals surface area contributed by atoms with Crippen molar-refractivity contribution in [3.8, 4) is 33.4 Å². The lowest BCUT2D eigenvalue weighted by atomic mass is 9.85. The molecular weight excluding hydrogens is 853 g/mol. The van der Waals surface area contributed by atoms with E-state index in [4.69, 9.17) is 0 Å². The maximum Gasteiger partial charge on any atom is 0.117 e. The molecule has 4 heteroatoms. The molecule has 0 saturated carbocycles. The van der Waals surface area contributed by atoms with Gasteiger partial charge in [0, 0.05) is 34.1 Å². The van der Waals surface area contributed by atoms with Crippen LogP contribution in [-0.2, 0) is 0 Å². The highest BCUT2D eigenvalue weighted by Crippen LogP contribution is 2.49. The summed E-state index contributed by atoms with van der Waals surface area (Å²) in [5, 5.41) is 13.3. The van der Waals surface area contributed by atoms with Crippen molar-refractivity contribution in [3.63, 3.8) is 0 Å². The Bertz CT molecular complexity index is 3720. The molecular formula is C64H50N2Si2. The van der Waals surface area contributed by atoms with Gasteiger partial charge >= 0.3 is 0 Å². The molecule has 0 aliphatic carbocycles. The highest BCUT2D eigenvalue weighted by Gasteiger charge is 2.40. The Balaban J connectivity index is 1.11. The monoisotopic (exact) mass is 902 g/mol. The lowest BCUT2D eigenvalue weighted by Crippen LogP contribution is -2.58. The van der Waals surface area contributed by atoms with E-state index in [0.29, 0.717) is 0 Å². The highest BCUT2D eigenvalue weighted by molar-refractivity contribution is 7.03. The Labute approximate surface area is 401 Å². The van der Waals surface area contributed by atoms with Crippen LogP contribution in [0.5, 0.6) is 0 Å². The number of hydrogen-bond donors (Lipinski definition) is 0. The molecule has 0 fully saturated rings. The molecule has 68 heavy (non-hydrogen) atoms. The van der Waals surface area contributed by atoms with E-state index in [0.717, 1.165) is 0 Å². The van der Waals surface area contributed by atoms with Crippen molar-refractivity contribution in [1.29, 1.82) is 0 Å². The van der Waals surface area contributed by atoms with E-state index in [-0.39, 0.29) is 0 Å². The molecule has 0 saturated heterocycles. The Morgan fingerprint density at radius 2 is 0.618 bits per heavy atom. The van der Waals surface area contributed by atoms with Crippen LogP contribution in [0.15, 0.2) is 231 Å². The van der Waals surface area contributed by atoms with Gasteiger partial charge in [-0.15, -0.1) is 0 Å². The van der Waals surface area contributed by atoms with Gasteiger partial charge in [-0.05, 0) is 147 Å². The first kappa shape index (κ1) is 40.5. The Kier molecular flexibility index (Phi) is 9.17. The smallest absolute Gasteiger partial charge is 0.117 e. The minimum Gasteiger partial charge on any atom is -0.311 e. The minimum atomic E-state index is -1.98. The number of hydrogen-bond acceptors (Lipinski definition) is 2. The Morgan fingerprint density at radius 1 is 0.265 bits per heavy atom. The van der Waals surface area contributed by atoms with E-state index in [1.165, 1.54) is 121 Å². The third kappa shape index (κ3) is 6.14. The summed E-state index contributed by atoms with van der Waals surface area (Å²) in [6.45, 7) is 10.00. The van der Waals surface area contributed by atoms with Crippen molar-refractivity contribution < 1.29 is 0 Å². The zero-order valence-electron chi connectivity index (χ0n) is 38.8. The maximum atomic E-state index is 2.53. The lowest BCUT2D eigenvalue weighted by Gasteiger charge is -2.41. The Morgan fingerprint density at radius 3 is 1.06 bits per heavy atom. The first-order chi connectivity index (χ1) is 33.3. The number of nitrogens with zero attached hydrogens (tertiary/aromatic N) is 2. The van der Waals surface area contributed by atoms with Crippen molar-refractivity contribution in [2.45, 2.75) is 26.2 Å². The molecule has 2 aliphatic heterocycles. The summed E-state index contributed by atoms with van der Waals surface area (Å²) in [7, 11) is -3.96. The second-order valence-electron chi connectivity index (χ2n) is 19.7. The van der Waals surface area contributed by atoms with Gasteiger partial charge in [0.25, 0.3) is 0 Å². The van der Waals surface area contributed by atoms with Gasteiger partial charge in [0.15, 0.2) is 0 Å². The number of anilines is 6. The molecule has 0 radical (unpaired) electrons. The molecule has 0 atom stereocenters. The molecule has 0 spiro atoms. The summed E-state index contributed by atoms with van der Waals surface area (Å²) in [5.41, 5.74) is 14.8. The molecule has 11 aromatic rings. The summed E-state index contributed by atoms with van der Waals surface area (Å²) in [6, 6.07) is 86.9. The van der Waals surface area contributed by atoms with Crippen molar-refractivity contribution in [1.82, 2.24) is 0 Å². The number of benzene rings is 11. The number of fused-ring (bicyclic) bond motifs is 7. The zero-order chi connectivity index (χ0) is 45.7. The number of para-hydroxylation sites is 4. The summed E-state index contributed by atoms with van der Waals surface area (Å²) in [6.07, 6.45) is 0. The van der Waals surface area contributed by atoms with Crippen molar-refractivity contribution in [2.75, 3.05) is 9.80 Å². The van der Waals surface area contributed by atoms with Crippen LogP contribution in [-0.4, -0.2) is 16.1 Å². The van der Waals surface area contributed by atoms with Crippen LogP contribution >= 0.6 is 0 Å². The maximum absolute atomic E-state index is 2.53. The molecule has 324 valence electrons. The van der Waals surface area contributed by atoms with Gasteiger partial charge in [-0.25, -0.2) is 0 Å². The third-order valence-electron chi connectivity index (χ3n) is 15.2. The molecule has 2 heterocycles. The topological polar surface area (TPSA) is 6.48 Å². The van der Waals surface area contributed by atoms with Crippen molar-refractivity contribution in [2.24, 2.45) is 0 Å². The molecule has 0 N–H and O–H groups in total. The molecule has 2 aliphatic rings. The molecule has 0 amide bonds. The zero-order valence-corrected chi connectivity index (χ0v) is 40.8. The normalized spacial score (nSPS) is 14.4. The summed E-state index contributed by atoms with van der Waals surface area (Å²) in [4.78, 5) is 5.06. The summed E-state index contributed by atoms with van der Waals surface area (Å²) >= 11 is 0. The molecule has 11 aromatic carbocycles. The summed E-state index contributed by atoms with van der Waals surface area (Å²) < 4.78 is 0. The SMILES string of the molecule is C[Si]1(C)c2ccccc2N(c2ccc3c(-c4ccc5cc(-c6ccccc6)ccc5c4)c4cc(N5c6ccccc6[Si](C)(C)c6ccccc65)ccc4c(-c4ccccc4)c3c2)c2ccccc21. The van der Waals surface area contributed by atoms with Crippen molar-refractivity contribution >= 4 is 103 Å². The van der Waals surface area contributed by atoms with E-state index in [1.54, 1.807) is 0 Å². The average molecular weight is 903 g/mol. The van der Waals surface area contributed by atoms with Gasteiger partial charge < -0.3 is 9.80 Å². The van der Waals surface area contributed by atoms with E-state index < -0.39 is 16.1 Å². The van der Waals surface area contributed by atoms with Crippen LogP contribution < -0.4 is 30.5 Å². The third-order valence-corrected chi connectivity index (χ3v) is 22.2. The second kappa shape index (κ2) is 15.4. The largest absolute Gasteiger partial charge is 0.311 e. The van der Waals surface area contributed by atoms with Gasteiger partial charge in [0.05, 0.1) is 0 Å². The first-order valence-electron chi connectivity index (χ1n) is 23.9. The summed E-state index contributed by atoms with van der Waals surface area (Å²) in [5.74, 6) is 0. The van der Waals surface area contributed by atoms with Gasteiger partial charge in [0.1, 0.15) is 16.1 Å². The second-order valence-corrected chi connectivity index (χ2v) is 28.4. The number of rotatable bonds is 5. The van der Waals surface area contributed by atoms with Crippen LogP contribution in [0.4, 0.5) is 34.1 Å². The average Bonchev–Trinajstić information content (AvgIpc) is 3.38. The molecule has 0 bridgehead atoms. The lowest BCUT2D eigenvalue weighted by molar-refractivity contribution is 1.29. The van der Waals surface area contributed by atoms with Crippen LogP contribution in [0.2, 0.25) is 26.2 Å². The fraction of sp³-hybridized carbons (Fsp3) is 0.0625. The van der Waals surface area contributed by atoms with Crippen LogP contribution in [0.25, 0.3) is 65.7 Å². The molecule has 2 nitrogen and oxygen atoms in total. The van der Waals surface area contributed by atoms with Crippen molar-refractivity contribution in [3.05, 3.63) is 231 Å². The standard InChI is InChI=1S/C64H50N2Si2/c1-67(2)59-27-15-11-23-55(59)65(56-24-12-16-28-60(56)67)49-36-38-52-53(41-49)63(44-21-9-6-10-22-44)51-37-35-50(66-57-25-13-17-29-61(57)68(3,4)62-30-18-14-26-58(62)66)42-54(51)64(52)48-34-33-46-39-45(31-32-47(46)40-48)43-19-7-5-8-20-43/h5-42H,1-4H3. The van der Waals surface area contributed by atoms with Crippen LogP contribution in [0.1, 0.15) is 0 Å². The van der Waals surface area contributed by atoms with Gasteiger partial charge in [-0.1, -0.05) is 196 Å². The van der Waals surface area contributed by atoms with E-state index in [9.17, 15) is 0 Å². The van der Waals surface area contributed by atoms with E-state index >= 15 is 0 Å². The van der Waals surface area contributed by atoms with Crippen LogP contribution in [0, 0.1) is 0 Å². The Hall–Kier alpha value is -7.77. The van der Waals surface area contributed by atoms with Crippen LogP contribution in [0.3, 0.4) is 0 Å². The van der Waals surface area contributed by atoms with Gasteiger partial charge in [0.2, 0.25) is 0 Å². The highest BCUT2D eigenvalue weighted by atomic mass is 28.3. The molecule has 13 rings (SSSR count). The molecule has 0 unspecified atom stereocenters. The quantitative estimate of drug-likeness (QED) is 0.125. The van der Waals surface area contributed by atoms with Gasteiger partial charge in [-0.2, -0.15) is 0 Å². The molecule has 0 aromatic heterocycles. The fourth-order valence-corrected chi connectivity index (χ4v) is 17.8. The first-order valence-corrected chi connectivity index (χ1v) is 29.9. The van der Waals surface area contributed by atoms with E-state index in [1.807, 2.05) is 0 Å². The predicted octanol–water partition coefficient (Wildman–Crippen LogP) is 15.4. The predicted molar refractivity (Wildman–Crippen MR) is 298 cm³/mol.